The number of hydrogen-bond acceptors (Lipinski definition) is 1. The quantitative estimate of drug-likeness (QED) is 0.463. The van der Waals surface area contributed by atoms with Crippen LogP contribution in [0.5, 0.6) is 0 Å². The van der Waals surface area contributed by atoms with Gasteiger partial charge in [-0.15, -0.1) is 6.58 Å². The highest BCUT2D eigenvalue weighted by Gasteiger charge is 2.49. The highest BCUT2D eigenvalue weighted by Crippen LogP contribution is 2.56. The molecule has 0 spiro atoms. The lowest BCUT2D eigenvalue weighted by Crippen LogP contribution is -2.28. The van der Waals surface area contributed by atoms with Crippen molar-refractivity contribution in [1.82, 2.24) is 0 Å². The van der Waals surface area contributed by atoms with E-state index < -0.39 is 0 Å². The fraction of sp³-hybridized carbons (Fsp3) is 0.727. The molecule has 0 N–H and O–H groups in total. The molecule has 0 aromatic rings. The van der Waals surface area contributed by atoms with Gasteiger partial charge in [0.05, 0.1) is 0 Å². The monoisotopic (exact) mass is 164 g/mol. The number of allylic oxidation sites excluding steroid dienone is 1. The van der Waals surface area contributed by atoms with E-state index in [-0.39, 0.29) is 5.41 Å². The van der Waals surface area contributed by atoms with Gasteiger partial charge in [-0.1, -0.05) is 12.5 Å². The molecule has 2 aliphatic rings. The molecule has 2 fully saturated rings. The molecule has 0 aliphatic heterocycles. The highest BCUT2D eigenvalue weighted by atomic mass is 16.1. The molecule has 0 heterocycles. The molecule has 2 aliphatic carbocycles. The maximum atomic E-state index is 11.1. The summed E-state index contributed by atoms with van der Waals surface area (Å²) in [6.07, 6.45) is 9.08. The fourth-order valence-electron chi connectivity index (χ4n) is 3.20. The lowest BCUT2D eigenvalue weighted by molar-refractivity contribution is -0.118. The van der Waals surface area contributed by atoms with Crippen LogP contribution in [-0.4, -0.2) is 6.29 Å². The molecule has 1 heteroatoms. The molecule has 2 rings (SSSR count). The maximum absolute atomic E-state index is 11.1. The van der Waals surface area contributed by atoms with E-state index in [0.717, 1.165) is 18.8 Å². The number of hydrogen-bond donors (Lipinski definition) is 0. The van der Waals surface area contributed by atoms with Gasteiger partial charge in [0.2, 0.25) is 0 Å². The first-order chi connectivity index (χ1) is 5.80. The van der Waals surface area contributed by atoms with Crippen LogP contribution in [0.15, 0.2) is 12.7 Å². The van der Waals surface area contributed by atoms with Crippen LogP contribution < -0.4 is 0 Å². The van der Waals surface area contributed by atoms with Gasteiger partial charge in [-0.3, -0.25) is 0 Å². The Hall–Kier alpha value is -0.590. The Kier molecular flexibility index (Phi) is 1.82. The number of carbonyl (C=O) groups is 1. The largest absolute Gasteiger partial charge is 0.303 e. The molecule has 0 saturated heterocycles. The summed E-state index contributed by atoms with van der Waals surface area (Å²) in [5.41, 5.74) is 0.00463. The van der Waals surface area contributed by atoms with Crippen molar-refractivity contribution in [3.8, 4) is 0 Å². The molecular weight excluding hydrogens is 148 g/mol. The van der Waals surface area contributed by atoms with Crippen LogP contribution in [0.3, 0.4) is 0 Å². The van der Waals surface area contributed by atoms with Crippen molar-refractivity contribution in [2.45, 2.75) is 32.1 Å². The molecule has 1 nitrogen and oxygen atoms in total. The predicted octanol–water partition coefficient (Wildman–Crippen LogP) is 2.57. The number of aldehydes is 1. The summed E-state index contributed by atoms with van der Waals surface area (Å²) in [5.74, 6) is 1.53. The lowest BCUT2D eigenvalue weighted by atomic mass is 9.72. The third kappa shape index (κ3) is 0.954. The third-order valence-electron chi connectivity index (χ3n) is 3.78. The van der Waals surface area contributed by atoms with Crippen molar-refractivity contribution in [3.63, 3.8) is 0 Å². The summed E-state index contributed by atoms with van der Waals surface area (Å²) < 4.78 is 0. The van der Waals surface area contributed by atoms with Crippen LogP contribution in [-0.2, 0) is 4.79 Å². The number of rotatable bonds is 3. The molecular formula is C11H16O. The van der Waals surface area contributed by atoms with E-state index in [1.807, 2.05) is 6.08 Å². The predicted molar refractivity (Wildman–Crippen MR) is 48.8 cm³/mol. The molecule has 0 aromatic carbocycles. The lowest BCUT2D eigenvalue weighted by Gasteiger charge is -2.31. The highest BCUT2D eigenvalue weighted by molar-refractivity contribution is 5.61. The standard InChI is InChI=1S/C11H16O/c1-2-5-11(8-12)7-9-3-4-10(11)6-9/h2,8-10H,1,3-7H2. The normalized spacial score (nSPS) is 44.7. The summed E-state index contributed by atoms with van der Waals surface area (Å²) in [4.78, 5) is 11.1. The summed E-state index contributed by atoms with van der Waals surface area (Å²) in [5, 5.41) is 0. The zero-order chi connectivity index (χ0) is 8.60. The molecule has 12 heavy (non-hydrogen) atoms. The van der Waals surface area contributed by atoms with E-state index in [9.17, 15) is 4.79 Å². The van der Waals surface area contributed by atoms with Crippen molar-refractivity contribution in [1.29, 1.82) is 0 Å². The van der Waals surface area contributed by atoms with E-state index in [4.69, 9.17) is 0 Å². The van der Waals surface area contributed by atoms with Crippen LogP contribution in [0.25, 0.3) is 0 Å². The Morgan fingerprint density at radius 2 is 2.33 bits per heavy atom. The van der Waals surface area contributed by atoms with Crippen molar-refractivity contribution in [3.05, 3.63) is 12.7 Å². The third-order valence-corrected chi connectivity index (χ3v) is 3.78. The van der Waals surface area contributed by atoms with Gasteiger partial charge >= 0.3 is 0 Å². The number of fused-ring (bicyclic) bond motifs is 2. The molecule has 3 atom stereocenters. The van der Waals surface area contributed by atoms with Gasteiger partial charge in [-0.2, -0.15) is 0 Å². The summed E-state index contributed by atoms with van der Waals surface area (Å²) in [7, 11) is 0. The summed E-state index contributed by atoms with van der Waals surface area (Å²) >= 11 is 0. The first-order valence-electron chi connectivity index (χ1n) is 4.88. The minimum absolute atomic E-state index is 0.00463. The van der Waals surface area contributed by atoms with Crippen molar-refractivity contribution < 1.29 is 4.79 Å². The van der Waals surface area contributed by atoms with E-state index in [1.165, 1.54) is 25.5 Å². The van der Waals surface area contributed by atoms with Crippen molar-refractivity contribution >= 4 is 6.29 Å². The van der Waals surface area contributed by atoms with E-state index >= 15 is 0 Å². The van der Waals surface area contributed by atoms with Gasteiger partial charge in [0.15, 0.2) is 0 Å². The number of carbonyl (C=O) groups excluding carboxylic acids is 1. The van der Waals surface area contributed by atoms with Crippen molar-refractivity contribution in [2.75, 3.05) is 0 Å². The molecule has 66 valence electrons. The first-order valence-corrected chi connectivity index (χ1v) is 4.88. The Balaban J connectivity index is 2.18. The van der Waals surface area contributed by atoms with Crippen molar-refractivity contribution in [2.24, 2.45) is 17.3 Å². The SMILES string of the molecule is C=CCC1(C=O)CC2CCC1C2. The second kappa shape index (κ2) is 2.72. The van der Waals surface area contributed by atoms with Gasteiger partial charge in [0.25, 0.3) is 0 Å². The van der Waals surface area contributed by atoms with Crippen LogP contribution in [0.4, 0.5) is 0 Å². The van der Waals surface area contributed by atoms with Crippen LogP contribution in [0.1, 0.15) is 32.1 Å². The average molecular weight is 164 g/mol. The molecule has 2 bridgehead atoms. The van der Waals surface area contributed by atoms with Crippen LogP contribution in [0, 0.1) is 17.3 Å². The van der Waals surface area contributed by atoms with Gasteiger partial charge in [0.1, 0.15) is 6.29 Å². The molecule has 3 unspecified atom stereocenters. The van der Waals surface area contributed by atoms with E-state index in [2.05, 4.69) is 6.58 Å². The molecule has 0 amide bonds. The minimum Gasteiger partial charge on any atom is -0.303 e. The topological polar surface area (TPSA) is 17.1 Å². The van der Waals surface area contributed by atoms with Gasteiger partial charge in [-0.05, 0) is 37.5 Å². The van der Waals surface area contributed by atoms with Crippen LogP contribution in [0.2, 0.25) is 0 Å². The van der Waals surface area contributed by atoms with Gasteiger partial charge in [-0.25, -0.2) is 0 Å². The average Bonchev–Trinajstić information content (AvgIpc) is 2.64. The first kappa shape index (κ1) is 8.03. The Morgan fingerprint density at radius 3 is 2.75 bits per heavy atom. The van der Waals surface area contributed by atoms with E-state index in [1.54, 1.807) is 0 Å². The summed E-state index contributed by atoms with van der Waals surface area (Å²) in [6, 6.07) is 0. The molecule has 2 saturated carbocycles. The van der Waals surface area contributed by atoms with Crippen LogP contribution >= 0.6 is 0 Å². The van der Waals surface area contributed by atoms with Gasteiger partial charge in [0, 0.05) is 5.41 Å². The maximum Gasteiger partial charge on any atom is 0.126 e. The minimum atomic E-state index is 0.00463. The second-order valence-corrected chi connectivity index (χ2v) is 4.42. The summed E-state index contributed by atoms with van der Waals surface area (Å²) in [6.45, 7) is 3.74. The Morgan fingerprint density at radius 1 is 1.50 bits per heavy atom. The van der Waals surface area contributed by atoms with E-state index in [0.29, 0.717) is 5.92 Å². The zero-order valence-corrected chi connectivity index (χ0v) is 7.46. The second-order valence-electron chi connectivity index (χ2n) is 4.42. The smallest absolute Gasteiger partial charge is 0.126 e. The molecule has 0 aromatic heterocycles. The molecule has 0 radical (unpaired) electrons. The Labute approximate surface area is 73.8 Å². The Bertz CT molecular complexity index is 209. The fourth-order valence-corrected chi connectivity index (χ4v) is 3.20. The van der Waals surface area contributed by atoms with Gasteiger partial charge < -0.3 is 4.79 Å². The zero-order valence-electron chi connectivity index (χ0n) is 7.46.